The van der Waals surface area contributed by atoms with Crippen LogP contribution in [0.1, 0.15) is 16.7 Å². The van der Waals surface area contributed by atoms with E-state index >= 15 is 0 Å². The minimum atomic E-state index is 0.146. The molecule has 2 aromatic carbocycles. The number of aryl methyl sites for hydroxylation is 1. The molecule has 30 heavy (non-hydrogen) atoms. The minimum Gasteiger partial charge on any atom is -0.493 e. The van der Waals surface area contributed by atoms with E-state index in [2.05, 4.69) is 11.0 Å². The number of nitrogens with zero attached hydrogens (tertiary/aromatic N) is 2. The average Bonchev–Trinajstić information content (AvgIpc) is 3.23. The second-order valence-electron chi connectivity index (χ2n) is 7.66. The Morgan fingerprint density at radius 3 is 2.40 bits per heavy atom. The molecule has 0 aliphatic carbocycles. The van der Waals surface area contributed by atoms with Gasteiger partial charge in [0.05, 0.1) is 20.6 Å². The zero-order valence-electron chi connectivity index (χ0n) is 17.8. The van der Waals surface area contributed by atoms with E-state index < -0.39 is 0 Å². The van der Waals surface area contributed by atoms with Crippen molar-refractivity contribution in [1.82, 2.24) is 9.80 Å². The number of methoxy groups -OCH3 is 2. The molecule has 2 heterocycles. The lowest BCUT2D eigenvalue weighted by molar-refractivity contribution is -0.132. The third-order valence-corrected chi connectivity index (χ3v) is 5.75. The van der Waals surface area contributed by atoms with Gasteiger partial charge in [0, 0.05) is 32.7 Å². The summed E-state index contributed by atoms with van der Waals surface area (Å²) in [7, 11) is 3.23. The molecular weight excluding hydrogens is 384 g/mol. The van der Waals surface area contributed by atoms with Crippen molar-refractivity contribution in [2.75, 3.05) is 47.2 Å². The van der Waals surface area contributed by atoms with Crippen molar-refractivity contribution in [2.24, 2.45) is 0 Å². The third-order valence-electron chi connectivity index (χ3n) is 5.75. The molecule has 7 heteroatoms. The van der Waals surface area contributed by atoms with E-state index in [1.807, 2.05) is 36.1 Å². The van der Waals surface area contributed by atoms with Gasteiger partial charge in [-0.2, -0.15) is 0 Å². The zero-order chi connectivity index (χ0) is 21.1. The van der Waals surface area contributed by atoms with E-state index in [1.54, 1.807) is 14.2 Å². The Kier molecular flexibility index (Phi) is 5.99. The molecule has 4 rings (SSSR count). The summed E-state index contributed by atoms with van der Waals surface area (Å²) < 4.78 is 21.6. The second-order valence-corrected chi connectivity index (χ2v) is 7.66. The number of hydrogen-bond acceptors (Lipinski definition) is 6. The predicted molar refractivity (Wildman–Crippen MR) is 112 cm³/mol. The van der Waals surface area contributed by atoms with E-state index in [4.69, 9.17) is 18.9 Å². The Morgan fingerprint density at radius 1 is 0.967 bits per heavy atom. The summed E-state index contributed by atoms with van der Waals surface area (Å²) in [4.78, 5) is 17.2. The topological polar surface area (TPSA) is 60.5 Å². The number of hydrogen-bond donors (Lipinski definition) is 0. The summed E-state index contributed by atoms with van der Waals surface area (Å²) >= 11 is 0. The fourth-order valence-corrected chi connectivity index (χ4v) is 3.94. The molecule has 2 aliphatic heterocycles. The molecule has 2 aliphatic rings. The van der Waals surface area contributed by atoms with Gasteiger partial charge in [0.15, 0.2) is 23.0 Å². The monoisotopic (exact) mass is 412 g/mol. The number of amides is 1. The van der Waals surface area contributed by atoms with Crippen LogP contribution < -0.4 is 18.9 Å². The van der Waals surface area contributed by atoms with Crippen LogP contribution in [-0.4, -0.2) is 62.9 Å². The fourth-order valence-electron chi connectivity index (χ4n) is 3.94. The van der Waals surface area contributed by atoms with E-state index in [0.717, 1.165) is 55.3 Å². The van der Waals surface area contributed by atoms with Gasteiger partial charge in [0.1, 0.15) is 0 Å². The lowest BCUT2D eigenvalue weighted by Gasteiger charge is -2.35. The average molecular weight is 412 g/mol. The van der Waals surface area contributed by atoms with Crippen LogP contribution in [0.4, 0.5) is 0 Å². The number of fused-ring (bicyclic) bond motifs is 1. The Bertz CT molecular complexity index is 922. The minimum absolute atomic E-state index is 0.146. The van der Waals surface area contributed by atoms with Crippen molar-refractivity contribution >= 4 is 5.91 Å². The van der Waals surface area contributed by atoms with E-state index in [0.29, 0.717) is 24.7 Å². The molecule has 1 amide bonds. The van der Waals surface area contributed by atoms with Crippen molar-refractivity contribution in [3.8, 4) is 23.0 Å². The molecule has 0 spiro atoms. The van der Waals surface area contributed by atoms with Gasteiger partial charge in [-0.1, -0.05) is 6.07 Å². The van der Waals surface area contributed by atoms with Gasteiger partial charge in [-0.15, -0.1) is 0 Å². The first-order valence-electron chi connectivity index (χ1n) is 10.2. The summed E-state index contributed by atoms with van der Waals surface area (Å²) in [6.07, 6.45) is 0.369. The van der Waals surface area contributed by atoms with Crippen LogP contribution in [0.5, 0.6) is 23.0 Å². The molecular formula is C23H28N2O5. The first-order valence-corrected chi connectivity index (χ1v) is 10.2. The van der Waals surface area contributed by atoms with Crippen LogP contribution in [-0.2, 0) is 17.8 Å². The second kappa shape index (κ2) is 8.83. The van der Waals surface area contributed by atoms with Crippen molar-refractivity contribution in [2.45, 2.75) is 19.9 Å². The number of piperazine rings is 1. The van der Waals surface area contributed by atoms with Gasteiger partial charge in [0.25, 0.3) is 0 Å². The number of carbonyl (C=O) groups excluding carboxylic acids is 1. The molecule has 0 saturated carbocycles. The van der Waals surface area contributed by atoms with Crippen LogP contribution in [0.2, 0.25) is 0 Å². The highest BCUT2D eigenvalue weighted by atomic mass is 16.7. The summed E-state index contributed by atoms with van der Waals surface area (Å²) in [5.41, 5.74) is 3.20. The molecule has 160 valence electrons. The van der Waals surface area contributed by atoms with Crippen molar-refractivity contribution in [3.63, 3.8) is 0 Å². The van der Waals surface area contributed by atoms with Crippen molar-refractivity contribution in [3.05, 3.63) is 47.0 Å². The normalized spacial score (nSPS) is 15.9. The lowest BCUT2D eigenvalue weighted by Crippen LogP contribution is -2.48. The first-order chi connectivity index (χ1) is 14.6. The molecule has 1 saturated heterocycles. The quantitative estimate of drug-likeness (QED) is 0.727. The molecule has 0 bridgehead atoms. The predicted octanol–water partition coefficient (Wildman–Crippen LogP) is 2.63. The van der Waals surface area contributed by atoms with Crippen LogP contribution in [0, 0.1) is 6.92 Å². The van der Waals surface area contributed by atoms with Crippen LogP contribution in [0.15, 0.2) is 30.3 Å². The molecule has 2 aromatic rings. The molecule has 0 unspecified atom stereocenters. The van der Waals surface area contributed by atoms with Gasteiger partial charge in [-0.25, -0.2) is 0 Å². The Hall–Kier alpha value is -2.93. The Balaban J connectivity index is 1.32. The third kappa shape index (κ3) is 4.31. The van der Waals surface area contributed by atoms with Gasteiger partial charge in [-0.3, -0.25) is 9.69 Å². The summed E-state index contributed by atoms with van der Waals surface area (Å²) in [6.45, 7) is 6.29. The number of benzene rings is 2. The van der Waals surface area contributed by atoms with Crippen molar-refractivity contribution in [1.29, 1.82) is 0 Å². The SMILES string of the molecule is COc1cc(C)c(CC(=O)N2CCN(Cc3ccc4c(c3)OCO4)CC2)cc1OC. The summed E-state index contributed by atoms with van der Waals surface area (Å²) in [6, 6.07) is 9.90. The smallest absolute Gasteiger partial charge is 0.231 e. The lowest BCUT2D eigenvalue weighted by atomic mass is 10.0. The molecule has 0 atom stereocenters. The van der Waals surface area contributed by atoms with E-state index in [-0.39, 0.29) is 5.91 Å². The molecule has 0 N–H and O–H groups in total. The Labute approximate surface area is 177 Å². The fraction of sp³-hybridized carbons (Fsp3) is 0.435. The first kappa shape index (κ1) is 20.3. The maximum Gasteiger partial charge on any atom is 0.231 e. The van der Waals surface area contributed by atoms with Gasteiger partial charge in [0.2, 0.25) is 12.7 Å². The van der Waals surface area contributed by atoms with E-state index in [1.165, 1.54) is 5.56 Å². The number of ether oxygens (including phenoxy) is 4. The summed E-state index contributed by atoms with van der Waals surface area (Å²) in [5, 5.41) is 0. The van der Waals surface area contributed by atoms with Crippen LogP contribution >= 0.6 is 0 Å². The Morgan fingerprint density at radius 2 is 1.67 bits per heavy atom. The van der Waals surface area contributed by atoms with Gasteiger partial charge >= 0.3 is 0 Å². The molecule has 0 aromatic heterocycles. The largest absolute Gasteiger partial charge is 0.493 e. The highest BCUT2D eigenvalue weighted by Gasteiger charge is 2.23. The highest BCUT2D eigenvalue weighted by Crippen LogP contribution is 2.33. The maximum atomic E-state index is 12.9. The number of carbonyl (C=O) groups is 1. The molecule has 1 fully saturated rings. The zero-order valence-corrected chi connectivity index (χ0v) is 17.8. The van der Waals surface area contributed by atoms with Crippen LogP contribution in [0.25, 0.3) is 0 Å². The maximum absolute atomic E-state index is 12.9. The highest BCUT2D eigenvalue weighted by molar-refractivity contribution is 5.79. The van der Waals surface area contributed by atoms with E-state index in [9.17, 15) is 4.79 Å². The van der Waals surface area contributed by atoms with Crippen molar-refractivity contribution < 1.29 is 23.7 Å². The summed E-state index contributed by atoms with van der Waals surface area (Å²) in [5.74, 6) is 3.10. The molecule has 0 radical (unpaired) electrons. The standard InChI is InChI=1S/C23H28N2O5/c1-16-10-20(27-2)21(28-3)12-18(16)13-23(26)25-8-6-24(7-9-25)14-17-4-5-19-22(11-17)30-15-29-19/h4-5,10-12H,6-9,13-15H2,1-3H3. The van der Waals surface area contributed by atoms with Gasteiger partial charge in [-0.05, 0) is 47.9 Å². The molecule has 7 nitrogen and oxygen atoms in total. The van der Waals surface area contributed by atoms with Gasteiger partial charge < -0.3 is 23.8 Å². The van der Waals surface area contributed by atoms with Crippen LogP contribution in [0.3, 0.4) is 0 Å². The number of rotatable bonds is 6.